The lowest BCUT2D eigenvalue weighted by Crippen LogP contribution is -2.39. The molecule has 0 aromatic heterocycles. The number of amides is 2. The zero-order chi connectivity index (χ0) is 29.3. The smallest absolute Gasteiger partial charge is 0.410 e. The molecule has 2 saturated heterocycles. The molecule has 4 rings (SSSR count). The van der Waals surface area contributed by atoms with Crippen LogP contribution < -0.4 is 9.80 Å². The molecule has 40 heavy (non-hydrogen) atoms. The van der Waals surface area contributed by atoms with E-state index in [-0.39, 0.29) is 16.7 Å². The highest BCUT2D eigenvalue weighted by molar-refractivity contribution is 5.68. The van der Waals surface area contributed by atoms with Crippen molar-refractivity contribution in [2.75, 3.05) is 62.2 Å². The lowest BCUT2D eigenvalue weighted by molar-refractivity contribution is -0.385. The molecule has 2 aromatic carbocycles. The highest BCUT2D eigenvalue weighted by Gasteiger charge is 2.25. The summed E-state index contributed by atoms with van der Waals surface area (Å²) in [4.78, 5) is 41.3. The molecule has 0 aliphatic carbocycles. The van der Waals surface area contributed by atoms with Crippen LogP contribution in [0.3, 0.4) is 0 Å². The Morgan fingerprint density at radius 2 is 1.40 bits per heavy atom. The second kappa shape index (κ2) is 13.9. The van der Waals surface area contributed by atoms with Crippen LogP contribution in [0, 0.1) is 17.0 Å². The molecule has 0 spiro atoms. The minimum atomic E-state index is -0.810. The Morgan fingerprint density at radius 1 is 0.825 bits per heavy atom. The Hall–Kier alpha value is -4.02. The van der Waals surface area contributed by atoms with Gasteiger partial charge in [0.1, 0.15) is 5.60 Å². The van der Waals surface area contributed by atoms with Crippen molar-refractivity contribution in [2.45, 2.75) is 46.1 Å². The van der Waals surface area contributed by atoms with Gasteiger partial charge in [-0.1, -0.05) is 24.3 Å². The van der Waals surface area contributed by atoms with Crippen LogP contribution in [0.1, 0.15) is 39.2 Å². The number of carboxylic acid groups (broad SMARTS) is 1. The molecule has 0 saturated carbocycles. The maximum absolute atomic E-state index is 12.2. The second-order valence-electron chi connectivity index (χ2n) is 11.0. The summed E-state index contributed by atoms with van der Waals surface area (Å²) in [6, 6.07) is 15.4. The molecular formula is C29H41N5O6. The van der Waals surface area contributed by atoms with Crippen molar-refractivity contribution in [1.82, 2.24) is 9.80 Å². The van der Waals surface area contributed by atoms with Gasteiger partial charge in [0.25, 0.3) is 5.69 Å². The number of nitro groups is 1. The van der Waals surface area contributed by atoms with Crippen LogP contribution in [0.25, 0.3) is 0 Å². The molecule has 1 N–H and O–H groups in total. The second-order valence-corrected chi connectivity index (χ2v) is 11.0. The number of hydrogen-bond donors (Lipinski definition) is 1. The van der Waals surface area contributed by atoms with E-state index in [1.54, 1.807) is 24.0 Å². The number of carbonyl (C=O) groups is 2. The number of nitrogens with zero attached hydrogens (tertiary/aromatic N) is 5. The topological polar surface area (TPSA) is 120 Å². The fourth-order valence-corrected chi connectivity index (χ4v) is 4.68. The van der Waals surface area contributed by atoms with Crippen LogP contribution in [0.15, 0.2) is 48.5 Å². The molecule has 0 bridgehead atoms. The summed E-state index contributed by atoms with van der Waals surface area (Å²) < 4.78 is 5.42. The van der Waals surface area contributed by atoms with Crippen molar-refractivity contribution in [2.24, 2.45) is 0 Å². The number of ether oxygens (including phenoxy) is 1. The average molecular weight is 556 g/mol. The molecule has 0 atom stereocenters. The number of aryl methyl sites for hydroxylation is 1. The van der Waals surface area contributed by atoms with Gasteiger partial charge in [0.05, 0.1) is 4.92 Å². The number of carbonyl (C=O) groups excluding carboxylic acids is 1. The van der Waals surface area contributed by atoms with Crippen LogP contribution in [-0.4, -0.2) is 90.0 Å². The van der Waals surface area contributed by atoms with Crippen molar-refractivity contribution < 1.29 is 24.4 Å². The van der Waals surface area contributed by atoms with E-state index in [9.17, 15) is 19.7 Å². The maximum atomic E-state index is 12.2. The molecule has 11 nitrogen and oxygen atoms in total. The lowest BCUT2D eigenvalue weighted by Gasteiger charge is -2.27. The largest absolute Gasteiger partial charge is 0.465 e. The SMILES string of the molecule is Cc1ccc(N2CCCN(C(=O)OC(C)(C)C)CC2)cc1[N+](=O)[O-].O=C(O)N1CCCN(c2ccccc2)CC1. The number of benzene rings is 2. The lowest BCUT2D eigenvalue weighted by atomic mass is 10.1. The van der Waals surface area contributed by atoms with Crippen LogP contribution in [0.4, 0.5) is 26.7 Å². The molecule has 2 amide bonds. The highest BCUT2D eigenvalue weighted by atomic mass is 16.6. The van der Waals surface area contributed by atoms with Crippen molar-refractivity contribution in [3.05, 3.63) is 64.2 Å². The summed E-state index contributed by atoms with van der Waals surface area (Å²) in [7, 11) is 0. The fraction of sp³-hybridized carbons (Fsp3) is 0.517. The van der Waals surface area contributed by atoms with Crippen molar-refractivity contribution >= 4 is 29.2 Å². The molecule has 2 aromatic rings. The first-order valence-corrected chi connectivity index (χ1v) is 13.7. The third kappa shape index (κ3) is 9.03. The van der Waals surface area contributed by atoms with E-state index in [1.165, 1.54) is 10.6 Å². The fourth-order valence-electron chi connectivity index (χ4n) is 4.68. The van der Waals surface area contributed by atoms with E-state index in [0.717, 1.165) is 38.2 Å². The van der Waals surface area contributed by atoms with E-state index in [4.69, 9.17) is 9.84 Å². The van der Waals surface area contributed by atoms with Gasteiger partial charge in [-0.3, -0.25) is 10.1 Å². The van der Waals surface area contributed by atoms with Gasteiger partial charge in [-0.25, -0.2) is 9.59 Å². The molecule has 2 aliphatic rings. The Bertz CT molecular complexity index is 1150. The predicted octanol–water partition coefficient (Wildman–Crippen LogP) is 5.23. The average Bonchev–Trinajstić information content (AvgIpc) is 3.31. The summed E-state index contributed by atoms with van der Waals surface area (Å²) in [5.74, 6) is 0. The summed E-state index contributed by atoms with van der Waals surface area (Å²) in [5, 5.41) is 20.0. The van der Waals surface area contributed by atoms with E-state index < -0.39 is 11.7 Å². The van der Waals surface area contributed by atoms with Gasteiger partial charge < -0.3 is 29.4 Å². The van der Waals surface area contributed by atoms with Crippen molar-refractivity contribution in [3.63, 3.8) is 0 Å². The van der Waals surface area contributed by atoms with Gasteiger partial charge in [0, 0.05) is 75.4 Å². The van der Waals surface area contributed by atoms with Crippen LogP contribution >= 0.6 is 0 Å². The third-order valence-electron chi connectivity index (χ3n) is 6.79. The molecular weight excluding hydrogens is 514 g/mol. The first-order chi connectivity index (χ1) is 18.9. The van der Waals surface area contributed by atoms with Gasteiger partial charge in [0.15, 0.2) is 0 Å². The van der Waals surface area contributed by atoms with Crippen molar-refractivity contribution in [1.29, 1.82) is 0 Å². The van der Waals surface area contributed by atoms with Crippen LogP contribution in [0.2, 0.25) is 0 Å². The Kier molecular flexibility index (Phi) is 10.6. The summed E-state index contributed by atoms with van der Waals surface area (Å²) >= 11 is 0. The van der Waals surface area contributed by atoms with Crippen LogP contribution in [-0.2, 0) is 4.74 Å². The molecule has 0 radical (unpaired) electrons. The molecule has 218 valence electrons. The standard InChI is InChI=1S/C17H25N3O4.C12H16N2O2/c1-13-6-7-14(12-15(13)20(22)23)18-8-5-9-19(11-10-18)16(21)24-17(2,3)4;15-12(16)14-8-4-7-13(9-10-14)11-5-2-1-3-6-11/h6-7,12H,5,8-11H2,1-4H3;1-3,5-6H,4,7-10H2,(H,15,16). The summed E-state index contributed by atoms with van der Waals surface area (Å²) in [6.45, 7) is 12.7. The van der Waals surface area contributed by atoms with Crippen LogP contribution in [0.5, 0.6) is 0 Å². The number of hydrogen-bond acceptors (Lipinski definition) is 7. The molecule has 0 unspecified atom stereocenters. The Morgan fingerprint density at radius 3 is 1.98 bits per heavy atom. The summed E-state index contributed by atoms with van der Waals surface area (Å²) in [5.41, 5.74) is 2.25. The number of anilines is 2. The van der Waals surface area contributed by atoms with Crippen molar-refractivity contribution in [3.8, 4) is 0 Å². The minimum absolute atomic E-state index is 0.126. The van der Waals surface area contributed by atoms with Gasteiger partial charge in [-0.05, 0) is 58.7 Å². The molecule has 11 heteroatoms. The first kappa shape index (κ1) is 30.5. The zero-order valence-electron chi connectivity index (χ0n) is 23.9. The Labute approximate surface area is 236 Å². The van der Waals surface area contributed by atoms with E-state index in [2.05, 4.69) is 21.9 Å². The molecule has 2 heterocycles. The van der Waals surface area contributed by atoms with Gasteiger partial charge in [0.2, 0.25) is 0 Å². The van der Waals surface area contributed by atoms with E-state index in [0.29, 0.717) is 38.3 Å². The minimum Gasteiger partial charge on any atom is -0.465 e. The van der Waals surface area contributed by atoms with Gasteiger partial charge >= 0.3 is 12.2 Å². The highest BCUT2D eigenvalue weighted by Crippen LogP contribution is 2.26. The normalized spacial score (nSPS) is 16.3. The van der Waals surface area contributed by atoms with Gasteiger partial charge in [-0.15, -0.1) is 0 Å². The third-order valence-corrected chi connectivity index (χ3v) is 6.79. The number of rotatable bonds is 3. The molecule has 2 aliphatic heterocycles. The summed E-state index contributed by atoms with van der Waals surface area (Å²) in [6.07, 6.45) is 0.566. The number of nitro benzene ring substituents is 1. The maximum Gasteiger partial charge on any atom is 0.410 e. The quantitative estimate of drug-likeness (QED) is 0.404. The van der Waals surface area contributed by atoms with Gasteiger partial charge in [-0.2, -0.15) is 0 Å². The first-order valence-electron chi connectivity index (χ1n) is 13.7. The predicted molar refractivity (Wildman–Crippen MR) is 155 cm³/mol. The zero-order valence-corrected chi connectivity index (χ0v) is 23.9. The number of para-hydroxylation sites is 1. The van der Waals surface area contributed by atoms with E-state index >= 15 is 0 Å². The molecule has 2 fully saturated rings. The monoisotopic (exact) mass is 555 g/mol. The van der Waals surface area contributed by atoms with E-state index in [1.807, 2.05) is 45.0 Å². The Balaban J connectivity index is 0.000000238.